The number of benzene rings is 3. The highest BCUT2D eigenvalue weighted by molar-refractivity contribution is 9.10. The maximum absolute atomic E-state index is 13.5. The van der Waals surface area contributed by atoms with Crippen LogP contribution in [0.1, 0.15) is 23.6 Å². The van der Waals surface area contributed by atoms with E-state index in [2.05, 4.69) is 21.2 Å². The third-order valence-electron chi connectivity index (χ3n) is 5.30. The van der Waals surface area contributed by atoms with Gasteiger partial charge in [-0.2, -0.15) is 0 Å². The van der Waals surface area contributed by atoms with Crippen molar-refractivity contribution in [3.05, 3.63) is 99.0 Å². The zero-order valence-corrected chi connectivity index (χ0v) is 21.6. The zero-order valence-electron chi connectivity index (χ0n) is 19.3. The lowest BCUT2D eigenvalue weighted by Gasteiger charge is -2.31. The molecular weight excluding hydrogens is 516 g/mol. The van der Waals surface area contributed by atoms with Crippen LogP contribution in [0, 0.1) is 6.92 Å². The van der Waals surface area contributed by atoms with Gasteiger partial charge in [-0.15, -0.1) is 0 Å². The van der Waals surface area contributed by atoms with Crippen molar-refractivity contribution in [2.24, 2.45) is 0 Å². The molecule has 0 saturated heterocycles. The van der Waals surface area contributed by atoms with Crippen molar-refractivity contribution in [1.29, 1.82) is 0 Å². The minimum Gasteiger partial charge on any atom is -0.482 e. The topological polar surface area (TPSA) is 58.6 Å². The number of carbonyl (C=O) groups is 2. The van der Waals surface area contributed by atoms with E-state index in [1.807, 2.05) is 68.4 Å². The first-order valence-electron chi connectivity index (χ1n) is 11.1. The average Bonchev–Trinajstić information content (AvgIpc) is 2.81. The molecule has 0 fully saturated rings. The van der Waals surface area contributed by atoms with Gasteiger partial charge in [0.1, 0.15) is 11.8 Å². The van der Waals surface area contributed by atoms with E-state index in [-0.39, 0.29) is 25.0 Å². The van der Waals surface area contributed by atoms with Crippen molar-refractivity contribution in [3.63, 3.8) is 0 Å². The molecule has 0 aliphatic carbocycles. The van der Waals surface area contributed by atoms with Gasteiger partial charge in [-0.1, -0.05) is 87.7 Å². The van der Waals surface area contributed by atoms with E-state index < -0.39 is 6.04 Å². The summed E-state index contributed by atoms with van der Waals surface area (Å²) in [6.45, 7) is 4.38. The first-order valence-corrected chi connectivity index (χ1v) is 12.3. The maximum atomic E-state index is 13.5. The molecule has 7 heteroatoms. The molecule has 0 aromatic heterocycles. The van der Waals surface area contributed by atoms with E-state index in [0.717, 1.165) is 21.2 Å². The van der Waals surface area contributed by atoms with Gasteiger partial charge in [0.15, 0.2) is 6.61 Å². The van der Waals surface area contributed by atoms with Crippen LogP contribution in [0.4, 0.5) is 0 Å². The molecule has 1 atom stereocenters. The summed E-state index contributed by atoms with van der Waals surface area (Å²) < 4.78 is 6.58. The Balaban J connectivity index is 1.90. The molecule has 3 aromatic carbocycles. The fraction of sp³-hybridized carbons (Fsp3) is 0.259. The summed E-state index contributed by atoms with van der Waals surface area (Å²) in [4.78, 5) is 28.2. The molecule has 0 spiro atoms. The van der Waals surface area contributed by atoms with Crippen molar-refractivity contribution in [3.8, 4) is 5.75 Å². The third-order valence-corrected chi connectivity index (χ3v) is 6.09. The van der Waals surface area contributed by atoms with E-state index in [1.165, 1.54) is 0 Å². The average molecular weight is 544 g/mol. The van der Waals surface area contributed by atoms with Crippen LogP contribution in [0.5, 0.6) is 5.75 Å². The highest BCUT2D eigenvalue weighted by atomic mass is 79.9. The number of amides is 2. The van der Waals surface area contributed by atoms with Gasteiger partial charge in [0, 0.05) is 24.0 Å². The second-order valence-corrected chi connectivity index (χ2v) is 9.30. The summed E-state index contributed by atoms with van der Waals surface area (Å²) in [5.74, 6) is -0.0898. The Hall–Kier alpha value is -2.83. The number of rotatable bonds is 10. The largest absolute Gasteiger partial charge is 0.482 e. The van der Waals surface area contributed by atoms with Crippen molar-refractivity contribution < 1.29 is 14.3 Å². The van der Waals surface area contributed by atoms with Crippen molar-refractivity contribution in [2.75, 3.05) is 13.2 Å². The minimum absolute atomic E-state index is 0.200. The predicted octanol–water partition coefficient (Wildman–Crippen LogP) is 5.57. The van der Waals surface area contributed by atoms with Crippen LogP contribution < -0.4 is 10.1 Å². The Labute approximate surface area is 214 Å². The minimum atomic E-state index is -0.695. The lowest BCUT2D eigenvalue weighted by atomic mass is 10.0. The molecule has 1 unspecified atom stereocenters. The normalized spacial score (nSPS) is 11.5. The molecule has 178 valence electrons. The first kappa shape index (κ1) is 25.8. The monoisotopic (exact) mass is 542 g/mol. The van der Waals surface area contributed by atoms with Gasteiger partial charge >= 0.3 is 0 Å². The van der Waals surface area contributed by atoms with Crippen molar-refractivity contribution in [1.82, 2.24) is 10.2 Å². The summed E-state index contributed by atoms with van der Waals surface area (Å²) in [7, 11) is 0. The standard InChI is InChI=1S/C27H28BrClN2O3/c1-3-30-27(33)24(15-20-9-5-4-6-10-20)31(17-21-11-7-8-19(2)14-21)26(32)18-34-25-13-12-22(28)16-23(25)29/h4-14,16,24H,3,15,17-18H2,1-2H3,(H,30,33). The van der Waals surface area contributed by atoms with Gasteiger partial charge in [0.25, 0.3) is 5.91 Å². The van der Waals surface area contributed by atoms with Crippen molar-refractivity contribution in [2.45, 2.75) is 32.9 Å². The summed E-state index contributed by atoms with van der Waals surface area (Å²) >= 11 is 9.62. The van der Waals surface area contributed by atoms with Gasteiger partial charge < -0.3 is 15.0 Å². The highest BCUT2D eigenvalue weighted by Gasteiger charge is 2.30. The fourth-order valence-corrected chi connectivity index (χ4v) is 4.40. The number of carbonyl (C=O) groups excluding carboxylic acids is 2. The second-order valence-electron chi connectivity index (χ2n) is 7.97. The number of halogens is 2. The summed E-state index contributed by atoms with van der Waals surface area (Å²) in [6, 6.07) is 22.1. The van der Waals surface area contributed by atoms with E-state index in [1.54, 1.807) is 23.1 Å². The van der Waals surface area contributed by atoms with Crippen LogP contribution in [0.3, 0.4) is 0 Å². The number of aryl methyl sites for hydroxylation is 1. The van der Waals surface area contributed by atoms with Gasteiger partial charge in [0.05, 0.1) is 5.02 Å². The fourth-order valence-electron chi connectivity index (χ4n) is 3.67. The molecule has 0 radical (unpaired) electrons. The highest BCUT2D eigenvalue weighted by Crippen LogP contribution is 2.28. The Morgan fingerprint density at radius 2 is 1.76 bits per heavy atom. The number of likely N-dealkylation sites (N-methyl/N-ethyl adjacent to an activating group) is 1. The third kappa shape index (κ3) is 7.34. The summed E-state index contributed by atoms with van der Waals surface area (Å²) in [6.07, 6.45) is 0.392. The quantitative estimate of drug-likeness (QED) is 0.364. The van der Waals surface area contributed by atoms with Gasteiger partial charge in [-0.25, -0.2) is 0 Å². The van der Waals surface area contributed by atoms with Gasteiger partial charge in [-0.05, 0) is 43.2 Å². The number of nitrogens with zero attached hydrogens (tertiary/aromatic N) is 1. The van der Waals surface area contributed by atoms with Crippen LogP contribution >= 0.6 is 27.5 Å². The van der Waals surface area contributed by atoms with E-state index >= 15 is 0 Å². The second kappa shape index (κ2) is 12.6. The van der Waals surface area contributed by atoms with E-state index in [0.29, 0.717) is 23.7 Å². The maximum Gasteiger partial charge on any atom is 0.261 e. The molecule has 1 N–H and O–H groups in total. The van der Waals surface area contributed by atoms with Crippen molar-refractivity contribution >= 4 is 39.3 Å². The van der Waals surface area contributed by atoms with Gasteiger partial charge in [-0.3, -0.25) is 9.59 Å². The van der Waals surface area contributed by atoms with Gasteiger partial charge in [0.2, 0.25) is 5.91 Å². The van der Waals surface area contributed by atoms with Crippen LogP contribution in [0.2, 0.25) is 5.02 Å². The van der Waals surface area contributed by atoms with E-state index in [4.69, 9.17) is 16.3 Å². The lowest BCUT2D eigenvalue weighted by Crippen LogP contribution is -2.51. The molecular formula is C27H28BrClN2O3. The lowest BCUT2D eigenvalue weighted by molar-refractivity contribution is -0.142. The molecule has 0 bridgehead atoms. The Bertz CT molecular complexity index is 1120. The number of hydrogen-bond donors (Lipinski definition) is 1. The molecule has 0 saturated carbocycles. The number of nitrogens with one attached hydrogen (secondary N) is 1. The van der Waals surface area contributed by atoms with Crippen LogP contribution in [0.25, 0.3) is 0 Å². The molecule has 3 rings (SSSR count). The molecule has 2 amide bonds. The number of hydrogen-bond acceptors (Lipinski definition) is 3. The first-order chi connectivity index (χ1) is 16.4. The molecule has 34 heavy (non-hydrogen) atoms. The Morgan fingerprint density at radius 3 is 2.44 bits per heavy atom. The smallest absolute Gasteiger partial charge is 0.261 e. The Morgan fingerprint density at radius 1 is 1.03 bits per heavy atom. The van der Waals surface area contributed by atoms with E-state index in [9.17, 15) is 9.59 Å². The Kier molecular flexibility index (Phi) is 9.54. The van der Waals surface area contributed by atoms with Crippen LogP contribution in [-0.2, 0) is 22.6 Å². The number of ether oxygens (including phenoxy) is 1. The zero-order chi connectivity index (χ0) is 24.5. The molecule has 3 aromatic rings. The molecule has 5 nitrogen and oxygen atoms in total. The van der Waals surface area contributed by atoms with Crippen LogP contribution in [-0.4, -0.2) is 35.9 Å². The summed E-state index contributed by atoms with van der Waals surface area (Å²) in [5.41, 5.74) is 3.00. The van der Waals surface area contributed by atoms with Crippen LogP contribution in [0.15, 0.2) is 77.3 Å². The predicted molar refractivity (Wildman–Crippen MR) is 139 cm³/mol. The molecule has 0 aliphatic rings. The SMILES string of the molecule is CCNC(=O)C(Cc1ccccc1)N(Cc1cccc(C)c1)C(=O)COc1ccc(Br)cc1Cl. The summed E-state index contributed by atoms with van der Waals surface area (Å²) in [5, 5.41) is 3.29. The molecule has 0 aliphatic heterocycles. The molecule has 0 heterocycles.